The van der Waals surface area contributed by atoms with Crippen LogP contribution >= 0.6 is 0 Å². The van der Waals surface area contributed by atoms with Crippen molar-refractivity contribution in [2.45, 2.75) is 126 Å². The second kappa shape index (κ2) is 23.2. The van der Waals surface area contributed by atoms with Gasteiger partial charge in [-0.2, -0.15) is 0 Å². The molecule has 9 N–H and O–H groups in total. The van der Waals surface area contributed by atoms with Crippen molar-refractivity contribution >= 4 is 78.0 Å². The minimum Gasteiger partial charge on any atom is -0.465 e. The van der Waals surface area contributed by atoms with Gasteiger partial charge in [-0.05, 0) is 112 Å². The molecule has 0 unspecified atom stereocenters. The molecule has 4 aliphatic rings. The number of carbonyl (C=O) groups excluding carboxylic acids is 5. The van der Waals surface area contributed by atoms with E-state index >= 15 is 8.78 Å². The molecule has 4 heterocycles. The van der Waals surface area contributed by atoms with E-state index in [1.165, 1.54) is 43.3 Å². The number of alkyl carbamates (subject to hydrolysis) is 1. The third-order valence-corrected chi connectivity index (χ3v) is 18.3. The summed E-state index contributed by atoms with van der Waals surface area (Å²) in [7, 11) is 2.48. The molecule has 3 aromatic rings. The Kier molecular flexibility index (Phi) is 17.3. The lowest BCUT2D eigenvalue weighted by molar-refractivity contribution is -0.141. The van der Waals surface area contributed by atoms with Crippen LogP contribution in [-0.2, 0) is 33.4 Å². The number of nitrogens with two attached hydrogens (primary N) is 2. The fraction of sp³-hybridized carbons (Fsp3) is 0.529. The first kappa shape index (κ1) is 55.0. The van der Waals surface area contributed by atoms with Crippen molar-refractivity contribution in [1.29, 1.82) is 0 Å². The molecule has 0 bridgehead atoms. The average Bonchev–Trinajstić information content (AvgIpc) is 4.17. The van der Waals surface area contributed by atoms with Crippen LogP contribution in [0.2, 0.25) is 25.2 Å². The van der Waals surface area contributed by atoms with Crippen LogP contribution in [0.5, 0.6) is 0 Å². The van der Waals surface area contributed by atoms with Gasteiger partial charge in [-0.3, -0.25) is 19.2 Å². The van der Waals surface area contributed by atoms with Gasteiger partial charge in [0.1, 0.15) is 29.9 Å². The standard InChI is InChI=1S/C51H70F2N10O10Si/c1-28(71-3)43(58-50(68)69)48(66)61-18-8-10-41(61)46(64)56-37-14-12-30(24-35(37)54)39-16-17-40(63(39)32-26-33(52)45(34(53)27-32)60-20-22-74(6,7)23-21-60)31-13-15-38(36(55)25-31)57-47(65)42-11-9-19-62(42)49(67)44(29(2)72-4)59-51(70)73-5/h12-15,24-29,39-44,58H,8-11,16-23,54-55H2,1-7H3,(H,56,64)(H,57,65)(H,59,70)(H,68,69)/t28-,29-,39+,40+,41+,42+,43+,44+/m1/s1. The van der Waals surface area contributed by atoms with Gasteiger partial charge in [0, 0.05) is 46.1 Å². The molecule has 7 rings (SSSR count). The van der Waals surface area contributed by atoms with Gasteiger partial charge in [0.05, 0.1) is 62.2 Å². The molecule has 74 heavy (non-hydrogen) atoms. The van der Waals surface area contributed by atoms with E-state index in [-0.39, 0.29) is 41.5 Å². The van der Waals surface area contributed by atoms with Gasteiger partial charge in [-0.25, -0.2) is 18.4 Å². The summed E-state index contributed by atoms with van der Waals surface area (Å²) in [5.74, 6) is -3.46. The Hall–Kier alpha value is -6.72. The van der Waals surface area contributed by atoms with E-state index in [1.54, 1.807) is 55.1 Å². The van der Waals surface area contributed by atoms with Crippen LogP contribution in [-0.4, -0.2) is 143 Å². The predicted octanol–water partition coefficient (Wildman–Crippen LogP) is 6.03. The quantitative estimate of drug-likeness (QED) is 0.0639. The van der Waals surface area contributed by atoms with Crippen LogP contribution in [0.25, 0.3) is 0 Å². The topological polar surface area (TPSA) is 263 Å². The van der Waals surface area contributed by atoms with Gasteiger partial charge < -0.3 is 71.7 Å². The number of likely N-dealkylation sites (tertiary alicyclic amines) is 2. The fourth-order valence-corrected chi connectivity index (χ4v) is 12.7. The Balaban J connectivity index is 1.15. The lowest BCUT2D eigenvalue weighted by atomic mass is 10.0. The molecule has 4 fully saturated rings. The number of halogens is 2. The van der Waals surface area contributed by atoms with Crippen LogP contribution in [0.4, 0.5) is 52.5 Å². The number of benzene rings is 3. The SMILES string of the molecule is COC(=O)N[C@H](C(=O)N1CCC[C@H]1C(=O)Nc1ccc([C@@H]2CC[C@@H](c3ccc(NC(=O)[C@@H]4CCCN4C(=O)[C@@H](NC(=O)O)[C@@H](C)OC)c(N)c3)N2c2cc(F)c(N3CC[Si](C)(C)CC3)c(F)c2)cc1N)[C@@H](C)OC. The molecule has 0 saturated carbocycles. The molecule has 23 heteroatoms. The Bertz CT molecular complexity index is 2580. The summed E-state index contributed by atoms with van der Waals surface area (Å²) in [5.41, 5.74) is 16.0. The minimum absolute atomic E-state index is 0.0605. The third kappa shape index (κ3) is 11.9. The number of hydrogen-bond donors (Lipinski definition) is 7. The Morgan fingerprint density at radius 3 is 1.53 bits per heavy atom. The lowest BCUT2D eigenvalue weighted by Gasteiger charge is -2.38. The molecule has 0 spiro atoms. The number of ether oxygens (including phenoxy) is 3. The molecule has 4 saturated heterocycles. The second-order valence-electron chi connectivity index (χ2n) is 20.4. The van der Waals surface area contributed by atoms with E-state index in [0.29, 0.717) is 68.4 Å². The number of amides is 6. The normalized spacial score (nSPS) is 22.1. The van der Waals surface area contributed by atoms with Gasteiger partial charge >= 0.3 is 12.2 Å². The van der Waals surface area contributed by atoms with E-state index in [0.717, 1.165) is 12.1 Å². The number of nitrogens with one attached hydrogen (secondary N) is 4. The van der Waals surface area contributed by atoms with E-state index in [1.807, 2.05) is 4.90 Å². The van der Waals surface area contributed by atoms with Crippen LogP contribution in [0.15, 0.2) is 48.5 Å². The Morgan fingerprint density at radius 2 is 1.12 bits per heavy atom. The Morgan fingerprint density at radius 1 is 0.676 bits per heavy atom. The lowest BCUT2D eigenvalue weighted by Crippen LogP contribution is -2.56. The number of nitrogens with zero attached hydrogens (tertiary/aromatic N) is 4. The molecule has 4 aliphatic heterocycles. The van der Waals surface area contributed by atoms with Crippen LogP contribution in [0, 0.1) is 11.6 Å². The number of nitrogen functional groups attached to an aromatic ring is 2. The summed E-state index contributed by atoms with van der Waals surface area (Å²) < 4.78 is 48.3. The second-order valence-corrected chi connectivity index (χ2v) is 25.7. The number of carboxylic acid groups (broad SMARTS) is 1. The first-order valence-electron chi connectivity index (χ1n) is 25.1. The summed E-state index contributed by atoms with van der Waals surface area (Å²) in [6.45, 7) is 9.37. The van der Waals surface area contributed by atoms with Crippen molar-refractivity contribution in [3.8, 4) is 0 Å². The average molecular weight is 1050 g/mol. The first-order chi connectivity index (χ1) is 35.2. The van der Waals surface area contributed by atoms with Gasteiger partial charge in [0.25, 0.3) is 0 Å². The number of hydrogen-bond acceptors (Lipinski definition) is 13. The fourth-order valence-electron chi connectivity index (χ4n) is 10.7. The molecule has 0 aliphatic carbocycles. The van der Waals surface area contributed by atoms with Crippen molar-refractivity contribution in [1.82, 2.24) is 20.4 Å². The largest absolute Gasteiger partial charge is 0.465 e. The summed E-state index contributed by atoms with van der Waals surface area (Å²) in [6, 6.07) is 9.76. The van der Waals surface area contributed by atoms with E-state index in [4.69, 9.17) is 25.7 Å². The molecule has 402 valence electrons. The summed E-state index contributed by atoms with van der Waals surface area (Å²) in [6.07, 6.45) is -0.993. The smallest absolute Gasteiger partial charge is 0.407 e. The van der Waals surface area contributed by atoms with Gasteiger partial charge in [0.2, 0.25) is 23.6 Å². The van der Waals surface area contributed by atoms with Gasteiger partial charge in [-0.1, -0.05) is 25.2 Å². The highest BCUT2D eigenvalue weighted by atomic mass is 28.3. The van der Waals surface area contributed by atoms with Crippen molar-refractivity contribution in [3.63, 3.8) is 0 Å². The molecular formula is C51H70F2N10O10Si. The maximum Gasteiger partial charge on any atom is 0.407 e. The Labute approximate surface area is 430 Å². The molecular weight excluding hydrogens is 979 g/mol. The van der Waals surface area contributed by atoms with Crippen molar-refractivity contribution in [2.75, 3.05) is 79.4 Å². The monoisotopic (exact) mass is 1050 g/mol. The zero-order valence-electron chi connectivity index (χ0n) is 43.0. The van der Waals surface area contributed by atoms with E-state index in [9.17, 15) is 33.9 Å². The molecule has 20 nitrogen and oxygen atoms in total. The summed E-state index contributed by atoms with van der Waals surface area (Å²) in [4.78, 5) is 85.2. The third-order valence-electron chi connectivity index (χ3n) is 15.2. The molecule has 6 amide bonds. The number of rotatable bonds is 16. The molecule has 0 aromatic heterocycles. The molecule has 3 aromatic carbocycles. The zero-order valence-corrected chi connectivity index (χ0v) is 44.0. The summed E-state index contributed by atoms with van der Waals surface area (Å²) in [5, 5.41) is 19.9. The van der Waals surface area contributed by atoms with Crippen LogP contribution < -0.4 is 42.5 Å². The highest BCUT2D eigenvalue weighted by Crippen LogP contribution is 2.49. The number of carbonyl (C=O) groups is 6. The maximum absolute atomic E-state index is 16.5. The minimum atomic E-state index is -1.46. The van der Waals surface area contributed by atoms with Crippen LogP contribution in [0.3, 0.4) is 0 Å². The maximum atomic E-state index is 16.5. The van der Waals surface area contributed by atoms with E-state index < -0.39 is 104 Å². The first-order valence-corrected chi connectivity index (χ1v) is 28.5. The highest BCUT2D eigenvalue weighted by molar-refractivity contribution is 6.77. The van der Waals surface area contributed by atoms with Crippen molar-refractivity contribution in [3.05, 3.63) is 71.3 Å². The highest BCUT2D eigenvalue weighted by Gasteiger charge is 2.43. The van der Waals surface area contributed by atoms with E-state index in [2.05, 4.69) is 34.4 Å². The van der Waals surface area contributed by atoms with Crippen molar-refractivity contribution in [2.24, 2.45) is 0 Å². The predicted molar refractivity (Wildman–Crippen MR) is 279 cm³/mol. The number of anilines is 6. The van der Waals surface area contributed by atoms with Crippen molar-refractivity contribution < 1.29 is 56.9 Å². The summed E-state index contributed by atoms with van der Waals surface area (Å²) >= 11 is 0. The van der Waals surface area contributed by atoms with Gasteiger partial charge in [0.15, 0.2) is 11.6 Å². The molecule has 8 atom stereocenters. The number of methoxy groups -OCH3 is 3. The zero-order chi connectivity index (χ0) is 53.8. The van der Waals surface area contributed by atoms with Gasteiger partial charge in [-0.15, -0.1) is 0 Å². The van der Waals surface area contributed by atoms with Crippen LogP contribution in [0.1, 0.15) is 75.6 Å². The molecule has 0 radical (unpaired) electrons.